The van der Waals surface area contributed by atoms with E-state index >= 15 is 0 Å². The first kappa shape index (κ1) is 22.8. The molecule has 0 radical (unpaired) electrons. The molecule has 0 aliphatic rings. The van der Waals surface area contributed by atoms with Gasteiger partial charge < -0.3 is 9.97 Å². The number of hydrogen-bond acceptors (Lipinski definition) is 4. The van der Waals surface area contributed by atoms with Gasteiger partial charge in [0.1, 0.15) is 0 Å². The maximum absolute atomic E-state index is 13.1. The number of aromatic amines is 2. The van der Waals surface area contributed by atoms with E-state index in [4.69, 9.17) is 11.6 Å². The SMILES string of the molecule is Cc1cc2[nH]c(=O)c(=O)[nH]c2cc1S(=O)(=O)Nc1ccc(-c2cccc(C(C)C)c2)c(Cl)c1. The van der Waals surface area contributed by atoms with Gasteiger partial charge >= 0.3 is 11.1 Å². The second-order valence-corrected chi connectivity index (χ2v) is 10.2. The summed E-state index contributed by atoms with van der Waals surface area (Å²) in [6.45, 7) is 5.83. The highest BCUT2D eigenvalue weighted by atomic mass is 35.5. The van der Waals surface area contributed by atoms with Crippen molar-refractivity contribution in [1.29, 1.82) is 0 Å². The van der Waals surface area contributed by atoms with Crippen molar-refractivity contribution in [2.24, 2.45) is 0 Å². The zero-order valence-electron chi connectivity index (χ0n) is 18.2. The standard InChI is InChI=1S/C24H22ClN3O4S/c1-13(2)15-5-4-6-16(10-15)18-8-7-17(11-19(18)25)28-33(31,32)22-12-21-20(9-14(22)3)26-23(29)24(30)27-21/h4-13,28H,1-3H3,(H,26,29)(H,27,30). The highest BCUT2D eigenvalue weighted by molar-refractivity contribution is 7.92. The third-order valence-corrected chi connectivity index (χ3v) is 7.23. The number of halogens is 1. The number of anilines is 1. The molecule has 0 atom stereocenters. The summed E-state index contributed by atoms with van der Waals surface area (Å²) in [7, 11) is -3.99. The lowest BCUT2D eigenvalue weighted by molar-refractivity contribution is 0.600. The Morgan fingerprint density at radius 1 is 0.909 bits per heavy atom. The average Bonchev–Trinajstić information content (AvgIpc) is 2.74. The Morgan fingerprint density at radius 2 is 1.58 bits per heavy atom. The van der Waals surface area contributed by atoms with Gasteiger partial charge in [0.25, 0.3) is 10.0 Å². The highest BCUT2D eigenvalue weighted by Crippen LogP contribution is 2.33. The van der Waals surface area contributed by atoms with Crippen molar-refractivity contribution in [1.82, 2.24) is 9.97 Å². The molecule has 0 aliphatic heterocycles. The summed E-state index contributed by atoms with van der Waals surface area (Å²) in [5.41, 5.74) is 2.53. The number of benzene rings is 3. The molecular weight excluding hydrogens is 462 g/mol. The van der Waals surface area contributed by atoms with E-state index in [-0.39, 0.29) is 10.4 Å². The number of rotatable bonds is 5. The van der Waals surface area contributed by atoms with Gasteiger partial charge in [-0.2, -0.15) is 0 Å². The molecule has 4 aromatic rings. The van der Waals surface area contributed by atoms with Gasteiger partial charge in [-0.1, -0.05) is 55.8 Å². The minimum Gasteiger partial charge on any atom is -0.316 e. The van der Waals surface area contributed by atoms with Crippen LogP contribution in [0.2, 0.25) is 5.02 Å². The van der Waals surface area contributed by atoms with Crippen molar-refractivity contribution < 1.29 is 8.42 Å². The summed E-state index contributed by atoms with van der Waals surface area (Å²) in [6, 6.07) is 15.9. The summed E-state index contributed by atoms with van der Waals surface area (Å²) >= 11 is 6.50. The molecule has 170 valence electrons. The topological polar surface area (TPSA) is 112 Å². The molecule has 4 rings (SSSR count). The Kier molecular flexibility index (Phi) is 5.90. The molecule has 0 fully saturated rings. The van der Waals surface area contributed by atoms with Crippen molar-refractivity contribution in [2.75, 3.05) is 4.72 Å². The minimum atomic E-state index is -3.99. The van der Waals surface area contributed by atoms with E-state index < -0.39 is 21.1 Å². The maximum atomic E-state index is 13.1. The second kappa shape index (κ2) is 8.53. The fraction of sp³-hybridized carbons (Fsp3) is 0.167. The van der Waals surface area contributed by atoms with E-state index in [0.717, 1.165) is 11.1 Å². The highest BCUT2D eigenvalue weighted by Gasteiger charge is 2.19. The molecule has 1 aromatic heterocycles. The number of nitrogens with one attached hydrogen (secondary N) is 3. The normalized spacial score (nSPS) is 11.8. The molecule has 7 nitrogen and oxygen atoms in total. The maximum Gasteiger partial charge on any atom is 0.314 e. The molecule has 0 saturated carbocycles. The number of H-pyrrole nitrogens is 2. The molecule has 33 heavy (non-hydrogen) atoms. The third kappa shape index (κ3) is 4.58. The Bertz CT molecular complexity index is 1600. The zero-order valence-corrected chi connectivity index (χ0v) is 19.8. The van der Waals surface area contributed by atoms with Crippen LogP contribution in [0.15, 0.2) is 69.1 Å². The quantitative estimate of drug-likeness (QED) is 0.355. The van der Waals surface area contributed by atoms with Crippen LogP contribution in [0.4, 0.5) is 5.69 Å². The van der Waals surface area contributed by atoms with Crippen LogP contribution in [0.25, 0.3) is 22.2 Å². The fourth-order valence-corrected chi connectivity index (χ4v) is 5.22. The van der Waals surface area contributed by atoms with Gasteiger partial charge in [-0.3, -0.25) is 14.3 Å². The largest absolute Gasteiger partial charge is 0.316 e. The first-order valence-electron chi connectivity index (χ1n) is 10.2. The van der Waals surface area contributed by atoms with Crippen molar-refractivity contribution in [3.05, 3.63) is 91.5 Å². The third-order valence-electron chi connectivity index (χ3n) is 5.39. The fourth-order valence-electron chi connectivity index (χ4n) is 3.63. The van der Waals surface area contributed by atoms with Crippen LogP contribution in [0.5, 0.6) is 0 Å². The number of hydrogen-bond donors (Lipinski definition) is 3. The summed E-state index contributed by atoms with van der Waals surface area (Å²) in [5.74, 6) is 0.368. The van der Waals surface area contributed by atoms with E-state index in [0.29, 0.717) is 27.7 Å². The summed E-state index contributed by atoms with van der Waals surface area (Å²) in [6.07, 6.45) is 0. The molecule has 0 spiro atoms. The lowest BCUT2D eigenvalue weighted by Crippen LogP contribution is -2.29. The van der Waals surface area contributed by atoms with Crippen molar-refractivity contribution >= 4 is 38.3 Å². The number of aromatic nitrogens is 2. The van der Waals surface area contributed by atoms with Gasteiger partial charge in [-0.05, 0) is 53.8 Å². The summed E-state index contributed by atoms with van der Waals surface area (Å²) in [5, 5.41) is 0.410. The number of sulfonamides is 1. The van der Waals surface area contributed by atoms with E-state index in [9.17, 15) is 18.0 Å². The molecule has 0 aliphatic carbocycles. The molecule has 0 amide bonds. The molecule has 0 unspecified atom stereocenters. The number of aryl methyl sites for hydroxylation is 1. The predicted octanol–water partition coefficient (Wildman–Crippen LogP) is 4.77. The second-order valence-electron chi connectivity index (χ2n) is 8.15. The van der Waals surface area contributed by atoms with Crippen LogP contribution >= 0.6 is 11.6 Å². The first-order chi connectivity index (χ1) is 15.5. The van der Waals surface area contributed by atoms with Gasteiger partial charge in [0.05, 0.1) is 26.6 Å². The summed E-state index contributed by atoms with van der Waals surface area (Å²) in [4.78, 5) is 28.0. The smallest absolute Gasteiger partial charge is 0.314 e. The Labute approximate surface area is 195 Å². The van der Waals surface area contributed by atoms with Crippen LogP contribution in [0, 0.1) is 6.92 Å². The van der Waals surface area contributed by atoms with E-state index in [1.807, 2.05) is 12.1 Å². The zero-order chi connectivity index (χ0) is 23.9. The van der Waals surface area contributed by atoms with E-state index in [1.54, 1.807) is 25.1 Å². The molecule has 1 heterocycles. The molecule has 0 saturated heterocycles. The van der Waals surface area contributed by atoms with Crippen LogP contribution in [0.1, 0.15) is 30.9 Å². The molecule has 3 N–H and O–H groups in total. The van der Waals surface area contributed by atoms with Gasteiger partial charge in [-0.25, -0.2) is 8.42 Å². The molecule has 0 bridgehead atoms. The van der Waals surface area contributed by atoms with E-state index in [1.165, 1.54) is 17.7 Å². The van der Waals surface area contributed by atoms with Gasteiger partial charge in [0, 0.05) is 5.56 Å². The van der Waals surface area contributed by atoms with E-state index in [2.05, 4.69) is 40.7 Å². The minimum absolute atomic E-state index is 0.0254. The summed E-state index contributed by atoms with van der Waals surface area (Å²) < 4.78 is 28.7. The Balaban J connectivity index is 1.69. The molecular formula is C24H22ClN3O4S. The first-order valence-corrected chi connectivity index (χ1v) is 12.1. The van der Waals surface area contributed by atoms with Crippen molar-refractivity contribution in [3.8, 4) is 11.1 Å². The average molecular weight is 484 g/mol. The van der Waals surface area contributed by atoms with Crippen molar-refractivity contribution in [3.63, 3.8) is 0 Å². The van der Waals surface area contributed by atoms with Crippen LogP contribution in [-0.4, -0.2) is 18.4 Å². The number of fused-ring (bicyclic) bond motifs is 1. The predicted molar refractivity (Wildman–Crippen MR) is 132 cm³/mol. The lowest BCUT2D eigenvalue weighted by Gasteiger charge is -2.14. The van der Waals surface area contributed by atoms with Gasteiger partial charge in [0.2, 0.25) is 0 Å². The van der Waals surface area contributed by atoms with Gasteiger partial charge in [0.15, 0.2) is 0 Å². The van der Waals surface area contributed by atoms with Gasteiger partial charge in [-0.15, -0.1) is 0 Å². The molecule has 9 heteroatoms. The molecule has 3 aromatic carbocycles. The monoisotopic (exact) mass is 483 g/mol. The lowest BCUT2D eigenvalue weighted by atomic mass is 9.97. The Hall–Kier alpha value is -3.36. The van der Waals surface area contributed by atoms with Crippen molar-refractivity contribution in [2.45, 2.75) is 31.6 Å². The Morgan fingerprint density at radius 3 is 2.21 bits per heavy atom. The van der Waals surface area contributed by atoms with Crippen LogP contribution in [-0.2, 0) is 10.0 Å². The van der Waals surface area contributed by atoms with Crippen LogP contribution in [0.3, 0.4) is 0 Å². The van der Waals surface area contributed by atoms with Crippen LogP contribution < -0.4 is 15.8 Å².